The molecule has 0 radical (unpaired) electrons. The number of fused-ring (bicyclic) bond motifs is 1. The third-order valence-corrected chi connectivity index (χ3v) is 4.26. The van der Waals surface area contributed by atoms with Crippen molar-refractivity contribution in [2.75, 3.05) is 5.32 Å². The Morgan fingerprint density at radius 1 is 0.846 bits per heavy atom. The van der Waals surface area contributed by atoms with Crippen molar-refractivity contribution >= 4 is 22.5 Å². The van der Waals surface area contributed by atoms with E-state index in [0.717, 1.165) is 33.4 Å². The lowest BCUT2D eigenvalue weighted by molar-refractivity contribution is 0.102. The van der Waals surface area contributed by atoms with Crippen molar-refractivity contribution < 1.29 is 4.79 Å². The molecule has 0 aliphatic heterocycles. The molecular formula is C22H17N3O. The van der Waals surface area contributed by atoms with Gasteiger partial charge in [-0.25, -0.2) is 0 Å². The average Bonchev–Trinajstić information content (AvgIpc) is 2.69. The number of hydrogen-bond acceptors (Lipinski definition) is 3. The molecule has 0 fully saturated rings. The SMILES string of the molecule is Cc1cc2c(NC(=O)c3ccccc3-c3ccccc3)cccc2nn1. The van der Waals surface area contributed by atoms with E-state index in [2.05, 4.69) is 15.5 Å². The van der Waals surface area contributed by atoms with Gasteiger partial charge in [-0.05, 0) is 42.3 Å². The summed E-state index contributed by atoms with van der Waals surface area (Å²) in [6.45, 7) is 1.88. The highest BCUT2D eigenvalue weighted by Gasteiger charge is 2.14. The topological polar surface area (TPSA) is 54.9 Å². The normalized spacial score (nSPS) is 10.7. The maximum absolute atomic E-state index is 13.0. The Labute approximate surface area is 151 Å². The Morgan fingerprint density at radius 3 is 2.46 bits per heavy atom. The third-order valence-electron chi connectivity index (χ3n) is 4.26. The summed E-state index contributed by atoms with van der Waals surface area (Å²) in [7, 11) is 0. The van der Waals surface area contributed by atoms with E-state index in [-0.39, 0.29) is 5.91 Å². The van der Waals surface area contributed by atoms with E-state index in [1.54, 1.807) is 0 Å². The van der Waals surface area contributed by atoms with Crippen LogP contribution in [0.4, 0.5) is 5.69 Å². The second kappa shape index (κ2) is 6.76. The molecular weight excluding hydrogens is 322 g/mol. The standard InChI is InChI=1S/C22H17N3O/c1-15-14-19-20(12-7-13-21(19)25-24-15)23-22(26)18-11-6-5-10-17(18)16-8-3-2-4-9-16/h2-14H,1H3,(H,23,26). The van der Waals surface area contributed by atoms with Crippen molar-refractivity contribution in [2.45, 2.75) is 6.92 Å². The monoisotopic (exact) mass is 339 g/mol. The second-order valence-electron chi connectivity index (χ2n) is 6.09. The Balaban J connectivity index is 1.74. The van der Waals surface area contributed by atoms with Crippen LogP contribution < -0.4 is 5.32 Å². The van der Waals surface area contributed by atoms with E-state index in [1.807, 2.05) is 85.8 Å². The summed E-state index contributed by atoms with van der Waals surface area (Å²) in [6, 6.07) is 25.1. The summed E-state index contributed by atoms with van der Waals surface area (Å²) in [5, 5.41) is 12.2. The fourth-order valence-electron chi connectivity index (χ4n) is 3.01. The highest BCUT2D eigenvalue weighted by Crippen LogP contribution is 2.26. The first kappa shape index (κ1) is 16.0. The number of nitrogens with one attached hydrogen (secondary N) is 1. The van der Waals surface area contributed by atoms with Gasteiger partial charge in [0.25, 0.3) is 5.91 Å². The molecule has 0 atom stereocenters. The molecule has 126 valence electrons. The highest BCUT2D eigenvalue weighted by atomic mass is 16.1. The molecule has 0 aliphatic rings. The molecule has 3 aromatic carbocycles. The maximum atomic E-state index is 13.0. The Hall–Kier alpha value is -3.53. The fourth-order valence-corrected chi connectivity index (χ4v) is 3.01. The van der Waals surface area contributed by atoms with Crippen LogP contribution in [0.15, 0.2) is 78.9 Å². The molecule has 0 saturated carbocycles. The number of nitrogens with zero attached hydrogens (tertiary/aromatic N) is 2. The van der Waals surface area contributed by atoms with Crippen molar-refractivity contribution in [3.05, 3.63) is 90.1 Å². The van der Waals surface area contributed by atoms with E-state index >= 15 is 0 Å². The van der Waals surface area contributed by atoms with Gasteiger partial charge in [-0.1, -0.05) is 54.6 Å². The zero-order chi connectivity index (χ0) is 17.9. The largest absolute Gasteiger partial charge is 0.321 e. The van der Waals surface area contributed by atoms with Crippen LogP contribution in [0.2, 0.25) is 0 Å². The highest BCUT2D eigenvalue weighted by molar-refractivity contribution is 6.11. The lowest BCUT2D eigenvalue weighted by atomic mass is 9.99. The van der Waals surface area contributed by atoms with Gasteiger partial charge >= 0.3 is 0 Å². The van der Waals surface area contributed by atoms with Gasteiger partial charge in [-0.2, -0.15) is 10.2 Å². The lowest BCUT2D eigenvalue weighted by Gasteiger charge is -2.12. The predicted octanol–water partition coefficient (Wildman–Crippen LogP) is 4.86. The minimum Gasteiger partial charge on any atom is -0.321 e. The first-order valence-corrected chi connectivity index (χ1v) is 8.41. The van der Waals surface area contributed by atoms with Gasteiger partial charge in [-0.15, -0.1) is 0 Å². The Bertz CT molecular complexity index is 1090. The molecule has 1 N–H and O–H groups in total. The quantitative estimate of drug-likeness (QED) is 0.580. The molecule has 0 bridgehead atoms. The number of anilines is 1. The molecule has 0 spiro atoms. The van der Waals surface area contributed by atoms with Crippen LogP contribution in [0, 0.1) is 6.92 Å². The summed E-state index contributed by atoms with van der Waals surface area (Å²) >= 11 is 0. The second-order valence-corrected chi connectivity index (χ2v) is 6.09. The van der Waals surface area contributed by atoms with Gasteiger partial charge in [0.1, 0.15) is 0 Å². The van der Waals surface area contributed by atoms with E-state index in [1.165, 1.54) is 0 Å². The summed E-state index contributed by atoms with van der Waals surface area (Å²) < 4.78 is 0. The van der Waals surface area contributed by atoms with Crippen LogP contribution >= 0.6 is 0 Å². The number of carbonyl (C=O) groups excluding carboxylic acids is 1. The number of aryl methyl sites for hydroxylation is 1. The van der Waals surface area contributed by atoms with E-state index < -0.39 is 0 Å². The first-order valence-electron chi connectivity index (χ1n) is 8.41. The molecule has 1 aromatic heterocycles. The molecule has 4 nitrogen and oxygen atoms in total. The van der Waals surface area contributed by atoms with Crippen LogP contribution in [0.5, 0.6) is 0 Å². The zero-order valence-electron chi connectivity index (χ0n) is 14.3. The molecule has 0 aliphatic carbocycles. The van der Waals surface area contributed by atoms with Gasteiger partial charge in [0.15, 0.2) is 0 Å². The minimum absolute atomic E-state index is 0.147. The van der Waals surface area contributed by atoms with Crippen LogP contribution in [0.25, 0.3) is 22.0 Å². The van der Waals surface area contributed by atoms with Gasteiger partial charge in [0.2, 0.25) is 0 Å². The molecule has 4 aromatic rings. The number of aromatic nitrogens is 2. The smallest absolute Gasteiger partial charge is 0.256 e. The maximum Gasteiger partial charge on any atom is 0.256 e. The summed E-state index contributed by atoms with van der Waals surface area (Å²) in [6.07, 6.45) is 0. The summed E-state index contributed by atoms with van der Waals surface area (Å²) in [5.41, 5.74) is 4.84. The van der Waals surface area contributed by atoms with Crippen LogP contribution in [-0.2, 0) is 0 Å². The number of carbonyl (C=O) groups is 1. The molecule has 1 amide bonds. The number of amides is 1. The molecule has 0 unspecified atom stereocenters. The summed E-state index contributed by atoms with van der Waals surface area (Å²) in [4.78, 5) is 13.0. The van der Waals surface area contributed by atoms with Crippen molar-refractivity contribution in [1.29, 1.82) is 0 Å². The lowest BCUT2D eigenvalue weighted by Crippen LogP contribution is -2.13. The molecule has 4 heteroatoms. The van der Waals surface area contributed by atoms with Gasteiger partial charge < -0.3 is 5.32 Å². The zero-order valence-corrected chi connectivity index (χ0v) is 14.3. The van der Waals surface area contributed by atoms with E-state index in [4.69, 9.17) is 0 Å². The van der Waals surface area contributed by atoms with Crippen LogP contribution in [0.1, 0.15) is 16.1 Å². The third kappa shape index (κ3) is 3.05. The van der Waals surface area contributed by atoms with Crippen molar-refractivity contribution in [3.63, 3.8) is 0 Å². The minimum atomic E-state index is -0.147. The molecule has 4 rings (SSSR count). The van der Waals surface area contributed by atoms with Crippen LogP contribution in [0.3, 0.4) is 0 Å². The molecule has 0 saturated heterocycles. The number of rotatable bonds is 3. The number of hydrogen-bond donors (Lipinski definition) is 1. The van der Waals surface area contributed by atoms with Crippen molar-refractivity contribution in [3.8, 4) is 11.1 Å². The average molecular weight is 339 g/mol. The van der Waals surface area contributed by atoms with E-state index in [0.29, 0.717) is 5.56 Å². The van der Waals surface area contributed by atoms with Crippen molar-refractivity contribution in [1.82, 2.24) is 10.2 Å². The summed E-state index contributed by atoms with van der Waals surface area (Å²) in [5.74, 6) is -0.147. The fraction of sp³-hybridized carbons (Fsp3) is 0.0455. The van der Waals surface area contributed by atoms with Gasteiger partial charge in [0.05, 0.1) is 16.9 Å². The molecule has 26 heavy (non-hydrogen) atoms. The Morgan fingerprint density at radius 2 is 1.62 bits per heavy atom. The van der Waals surface area contributed by atoms with E-state index in [9.17, 15) is 4.79 Å². The number of benzene rings is 3. The van der Waals surface area contributed by atoms with Gasteiger partial charge in [0, 0.05) is 10.9 Å². The molecule has 1 heterocycles. The van der Waals surface area contributed by atoms with Crippen LogP contribution in [-0.4, -0.2) is 16.1 Å². The van der Waals surface area contributed by atoms with Crippen molar-refractivity contribution in [2.24, 2.45) is 0 Å². The predicted molar refractivity (Wildman–Crippen MR) is 104 cm³/mol. The Kier molecular flexibility index (Phi) is 4.15. The van der Waals surface area contributed by atoms with Gasteiger partial charge in [-0.3, -0.25) is 4.79 Å². The first-order chi connectivity index (χ1) is 12.7.